The topological polar surface area (TPSA) is 39.2 Å². The van der Waals surface area contributed by atoms with Crippen LogP contribution >= 0.6 is 0 Å². The van der Waals surface area contributed by atoms with Crippen LogP contribution in [0, 0.1) is 11.2 Å². The number of hydrogen-bond donors (Lipinski definition) is 0. The Bertz CT molecular complexity index is 884. The molecule has 2 rings (SSSR count). The van der Waals surface area contributed by atoms with Crippen LogP contribution in [0.15, 0.2) is 24.3 Å². The van der Waals surface area contributed by atoms with Gasteiger partial charge in [-0.2, -0.15) is 0 Å². The molecule has 2 aromatic rings. The zero-order valence-corrected chi connectivity index (χ0v) is 20.8. The van der Waals surface area contributed by atoms with Gasteiger partial charge in [-0.05, 0) is 48.0 Å². The Balaban J connectivity index is 3.06. The van der Waals surface area contributed by atoms with Crippen molar-refractivity contribution in [3.8, 4) is 11.1 Å². The first-order valence-corrected chi connectivity index (χ1v) is 13.0. The maximum atomic E-state index is 13.7. The maximum Gasteiger partial charge on any atom is 0.205 e. The summed E-state index contributed by atoms with van der Waals surface area (Å²) in [5, 5.41) is 0. The number of nitrogens with zero attached hydrogens (tertiary/aromatic N) is 1. The maximum absolute atomic E-state index is 13.7. The monoisotopic (exact) mass is 428 g/mol. The Morgan fingerprint density at radius 3 is 1.93 bits per heavy atom. The van der Waals surface area contributed by atoms with E-state index in [1.807, 2.05) is 13.8 Å². The Kier molecular flexibility index (Phi) is 7.75. The van der Waals surface area contributed by atoms with Crippen molar-refractivity contribution in [1.82, 2.24) is 4.98 Å². The van der Waals surface area contributed by atoms with Crippen molar-refractivity contribution in [3.05, 3.63) is 52.6 Å². The number of aromatic nitrogens is 1. The third-order valence-electron chi connectivity index (χ3n) is 5.08. The highest BCUT2D eigenvalue weighted by Crippen LogP contribution is 2.46. The van der Waals surface area contributed by atoms with E-state index in [1.54, 1.807) is 12.1 Å². The Hall–Kier alpha value is -1.85. The largest absolute Gasteiger partial charge is 0.410 e. The molecule has 0 N–H and O–H groups in total. The fourth-order valence-corrected chi connectivity index (χ4v) is 4.69. The molecular formula is C25H35FNO2Si. The van der Waals surface area contributed by atoms with Gasteiger partial charge < -0.3 is 4.43 Å². The number of carbonyl (C=O) groups is 1. The third-order valence-corrected chi connectivity index (χ3v) is 5.79. The number of pyridine rings is 1. The molecule has 0 bridgehead atoms. The molecule has 163 valence electrons. The van der Waals surface area contributed by atoms with Crippen LogP contribution in [0.1, 0.15) is 93.7 Å². The molecule has 1 radical (unpaired) electrons. The molecule has 0 saturated carbocycles. The number of aldehydes is 1. The summed E-state index contributed by atoms with van der Waals surface area (Å²) < 4.78 is 20.3. The van der Waals surface area contributed by atoms with E-state index in [0.717, 1.165) is 34.4 Å². The molecule has 0 aliphatic rings. The van der Waals surface area contributed by atoms with Crippen molar-refractivity contribution in [1.29, 1.82) is 0 Å². The minimum absolute atomic E-state index is 0.0851. The SMILES string of the molecule is CC(C)c1nc(C(C)C)c(C(O[Si](C)C)C(C)(C)C)c(-c2ccc(F)cc2)c1C=O. The summed E-state index contributed by atoms with van der Waals surface area (Å²) in [6.07, 6.45) is 0.671. The first-order valence-electron chi connectivity index (χ1n) is 10.6. The van der Waals surface area contributed by atoms with E-state index in [1.165, 1.54) is 12.1 Å². The molecule has 30 heavy (non-hydrogen) atoms. The zero-order valence-electron chi connectivity index (χ0n) is 19.8. The first kappa shape index (κ1) is 24.4. The summed E-state index contributed by atoms with van der Waals surface area (Å²) >= 11 is 0. The lowest BCUT2D eigenvalue weighted by Crippen LogP contribution is -2.29. The number of carbonyl (C=O) groups excluding carboxylic acids is 1. The summed E-state index contributed by atoms with van der Waals surface area (Å²) in [6.45, 7) is 19.0. The van der Waals surface area contributed by atoms with Crippen LogP contribution in [0.25, 0.3) is 11.1 Å². The average Bonchev–Trinajstić information content (AvgIpc) is 2.64. The molecule has 0 spiro atoms. The lowest BCUT2D eigenvalue weighted by atomic mass is 9.77. The normalized spacial score (nSPS) is 13.4. The van der Waals surface area contributed by atoms with E-state index >= 15 is 0 Å². The number of hydrogen-bond acceptors (Lipinski definition) is 3. The van der Waals surface area contributed by atoms with Gasteiger partial charge in [-0.15, -0.1) is 0 Å². The van der Waals surface area contributed by atoms with Gasteiger partial charge in [0.25, 0.3) is 0 Å². The van der Waals surface area contributed by atoms with Crippen LogP contribution in [-0.4, -0.2) is 20.3 Å². The van der Waals surface area contributed by atoms with Crippen molar-refractivity contribution in [2.75, 3.05) is 0 Å². The molecular weight excluding hydrogens is 393 g/mol. The van der Waals surface area contributed by atoms with E-state index in [4.69, 9.17) is 9.41 Å². The molecule has 0 fully saturated rings. The van der Waals surface area contributed by atoms with Gasteiger partial charge in [0.1, 0.15) is 5.82 Å². The minimum Gasteiger partial charge on any atom is -0.410 e. The lowest BCUT2D eigenvalue weighted by Gasteiger charge is -2.37. The molecule has 0 aliphatic carbocycles. The van der Waals surface area contributed by atoms with Gasteiger partial charge in [0.05, 0.1) is 11.8 Å². The highest BCUT2D eigenvalue weighted by atomic mass is 28.3. The highest BCUT2D eigenvalue weighted by molar-refractivity contribution is 6.48. The Morgan fingerprint density at radius 1 is 1.00 bits per heavy atom. The second-order valence-corrected chi connectivity index (χ2v) is 11.8. The van der Waals surface area contributed by atoms with Crippen molar-refractivity contribution in [2.24, 2.45) is 5.41 Å². The second-order valence-electron chi connectivity index (χ2n) is 9.79. The van der Waals surface area contributed by atoms with Crippen molar-refractivity contribution in [3.63, 3.8) is 0 Å². The minimum atomic E-state index is -1.03. The van der Waals surface area contributed by atoms with E-state index in [0.29, 0.717) is 5.56 Å². The molecule has 1 unspecified atom stereocenters. The van der Waals surface area contributed by atoms with Crippen molar-refractivity contribution >= 4 is 15.3 Å². The zero-order chi connectivity index (χ0) is 22.8. The molecule has 0 amide bonds. The molecule has 0 aliphatic heterocycles. The fourth-order valence-electron chi connectivity index (χ4n) is 3.75. The molecule has 1 aromatic carbocycles. The molecule has 1 aromatic heterocycles. The van der Waals surface area contributed by atoms with Gasteiger partial charge in [0.15, 0.2) is 6.29 Å². The predicted octanol–water partition coefficient (Wildman–Crippen LogP) is 7.30. The summed E-state index contributed by atoms with van der Waals surface area (Å²) in [5.41, 5.74) is 4.71. The third kappa shape index (κ3) is 5.24. The molecule has 1 heterocycles. The van der Waals surface area contributed by atoms with Gasteiger partial charge >= 0.3 is 0 Å². The van der Waals surface area contributed by atoms with E-state index < -0.39 is 9.04 Å². The molecule has 3 nitrogen and oxygen atoms in total. The standard InChI is InChI=1S/C25H35FNO2Si/c1-15(2)22-19(14-28)20(17-10-12-18(26)13-11-17)21(23(27-22)16(3)4)24(25(5,6)7)29-30(8)9/h10-16,24H,1-9H3. The number of halogens is 1. The van der Waals surface area contributed by atoms with Gasteiger partial charge in [-0.1, -0.05) is 60.6 Å². The van der Waals surface area contributed by atoms with Crippen LogP contribution in [-0.2, 0) is 4.43 Å². The lowest BCUT2D eigenvalue weighted by molar-refractivity contribution is 0.0854. The van der Waals surface area contributed by atoms with Crippen LogP contribution < -0.4 is 0 Å². The van der Waals surface area contributed by atoms with E-state index in [2.05, 4.69) is 47.7 Å². The molecule has 1 atom stereocenters. The second kappa shape index (κ2) is 9.52. The van der Waals surface area contributed by atoms with Crippen LogP contribution in [0.4, 0.5) is 4.39 Å². The van der Waals surface area contributed by atoms with Gasteiger partial charge in [0.2, 0.25) is 9.04 Å². The summed E-state index contributed by atoms with van der Waals surface area (Å²) in [5.74, 6) is -0.0661. The van der Waals surface area contributed by atoms with Gasteiger partial charge in [0, 0.05) is 22.4 Å². The van der Waals surface area contributed by atoms with Crippen LogP contribution in [0.2, 0.25) is 13.1 Å². The van der Waals surface area contributed by atoms with Gasteiger partial charge in [-0.3, -0.25) is 9.78 Å². The highest BCUT2D eigenvalue weighted by Gasteiger charge is 2.35. The number of rotatable bonds is 7. The van der Waals surface area contributed by atoms with Crippen molar-refractivity contribution in [2.45, 2.75) is 79.5 Å². The Labute approximate surface area is 182 Å². The molecule has 5 heteroatoms. The molecule has 0 saturated heterocycles. The fraction of sp³-hybridized carbons (Fsp3) is 0.520. The smallest absolute Gasteiger partial charge is 0.205 e. The van der Waals surface area contributed by atoms with Crippen LogP contribution in [0.5, 0.6) is 0 Å². The predicted molar refractivity (Wildman–Crippen MR) is 124 cm³/mol. The summed E-state index contributed by atoms with van der Waals surface area (Å²) in [7, 11) is -1.03. The quantitative estimate of drug-likeness (QED) is 0.343. The first-order chi connectivity index (χ1) is 13.9. The van der Waals surface area contributed by atoms with Crippen molar-refractivity contribution < 1.29 is 13.6 Å². The van der Waals surface area contributed by atoms with Crippen LogP contribution in [0.3, 0.4) is 0 Å². The number of benzene rings is 1. The van der Waals surface area contributed by atoms with Gasteiger partial charge in [-0.25, -0.2) is 4.39 Å². The summed E-state index contributed by atoms with van der Waals surface area (Å²) in [4.78, 5) is 17.4. The Morgan fingerprint density at radius 2 is 1.53 bits per heavy atom. The van der Waals surface area contributed by atoms with E-state index in [-0.39, 0.29) is 29.2 Å². The summed E-state index contributed by atoms with van der Waals surface area (Å²) in [6, 6.07) is 6.39. The average molecular weight is 429 g/mol. The van der Waals surface area contributed by atoms with E-state index in [9.17, 15) is 9.18 Å².